The van der Waals surface area contributed by atoms with Gasteiger partial charge in [-0.25, -0.2) is 4.98 Å². The summed E-state index contributed by atoms with van der Waals surface area (Å²) in [6.45, 7) is 11.1. The van der Waals surface area contributed by atoms with Crippen molar-refractivity contribution in [1.29, 1.82) is 0 Å². The molecular formula is C16H29N3S. The van der Waals surface area contributed by atoms with Crippen molar-refractivity contribution in [2.75, 3.05) is 24.5 Å². The quantitative estimate of drug-likeness (QED) is 0.790. The highest BCUT2D eigenvalue weighted by atomic mass is 32.1. The van der Waals surface area contributed by atoms with Crippen molar-refractivity contribution < 1.29 is 0 Å². The molecule has 0 radical (unpaired) electrons. The fourth-order valence-electron chi connectivity index (χ4n) is 2.96. The van der Waals surface area contributed by atoms with E-state index in [1.165, 1.54) is 54.5 Å². The molecule has 20 heavy (non-hydrogen) atoms. The molecule has 4 heteroatoms. The molecule has 1 fully saturated rings. The SMILES string of the molecule is CCCc1nc(N2CCC(CCC)C2)sc1CNCC. The lowest BCUT2D eigenvalue weighted by atomic mass is 10.0. The highest BCUT2D eigenvalue weighted by Crippen LogP contribution is 2.32. The van der Waals surface area contributed by atoms with Crippen LogP contribution in [-0.4, -0.2) is 24.6 Å². The third kappa shape index (κ3) is 3.95. The Hall–Kier alpha value is -0.610. The van der Waals surface area contributed by atoms with Crippen LogP contribution < -0.4 is 10.2 Å². The molecule has 1 aromatic heterocycles. The van der Waals surface area contributed by atoms with Gasteiger partial charge < -0.3 is 10.2 Å². The van der Waals surface area contributed by atoms with E-state index in [0.29, 0.717) is 0 Å². The lowest BCUT2D eigenvalue weighted by Gasteiger charge is -2.14. The first-order chi connectivity index (χ1) is 9.78. The second-order valence-electron chi connectivity index (χ2n) is 5.79. The van der Waals surface area contributed by atoms with Gasteiger partial charge in [0, 0.05) is 24.5 Å². The summed E-state index contributed by atoms with van der Waals surface area (Å²) in [6.07, 6.45) is 6.32. The minimum atomic E-state index is 0.885. The largest absolute Gasteiger partial charge is 0.348 e. The standard InChI is InChI=1S/C16H29N3S/c1-4-7-13-9-10-19(12-13)16-18-14(8-5-2)15(20-16)11-17-6-3/h13,17H,4-12H2,1-3H3. The summed E-state index contributed by atoms with van der Waals surface area (Å²) in [4.78, 5) is 8.89. The Labute approximate surface area is 127 Å². The van der Waals surface area contributed by atoms with E-state index in [-0.39, 0.29) is 0 Å². The van der Waals surface area contributed by atoms with Gasteiger partial charge in [0.25, 0.3) is 0 Å². The molecule has 2 heterocycles. The summed E-state index contributed by atoms with van der Waals surface area (Å²) in [6, 6.07) is 0. The Morgan fingerprint density at radius 2 is 2.15 bits per heavy atom. The molecule has 0 aromatic carbocycles. The maximum atomic E-state index is 4.93. The maximum absolute atomic E-state index is 4.93. The molecule has 0 bridgehead atoms. The molecule has 0 aliphatic carbocycles. The topological polar surface area (TPSA) is 28.2 Å². The van der Waals surface area contributed by atoms with Gasteiger partial charge in [0.1, 0.15) is 0 Å². The predicted molar refractivity (Wildman–Crippen MR) is 88.7 cm³/mol. The van der Waals surface area contributed by atoms with Crippen LogP contribution in [0.25, 0.3) is 0 Å². The molecule has 2 rings (SSSR count). The Bertz CT molecular complexity index is 402. The number of aryl methyl sites for hydroxylation is 1. The van der Waals surface area contributed by atoms with Crippen LogP contribution >= 0.6 is 11.3 Å². The highest BCUT2D eigenvalue weighted by molar-refractivity contribution is 7.15. The third-order valence-electron chi connectivity index (χ3n) is 4.04. The molecule has 1 aromatic rings. The van der Waals surface area contributed by atoms with Gasteiger partial charge in [0.05, 0.1) is 5.69 Å². The van der Waals surface area contributed by atoms with Crippen molar-refractivity contribution in [3.63, 3.8) is 0 Å². The Kier molecular flexibility index (Phi) is 6.30. The minimum absolute atomic E-state index is 0.885. The molecular weight excluding hydrogens is 266 g/mol. The third-order valence-corrected chi connectivity index (χ3v) is 5.20. The van der Waals surface area contributed by atoms with Crippen molar-refractivity contribution in [3.05, 3.63) is 10.6 Å². The lowest BCUT2D eigenvalue weighted by molar-refractivity contribution is 0.529. The van der Waals surface area contributed by atoms with Crippen molar-refractivity contribution in [1.82, 2.24) is 10.3 Å². The smallest absolute Gasteiger partial charge is 0.185 e. The van der Waals surface area contributed by atoms with Gasteiger partial charge in [-0.05, 0) is 31.7 Å². The summed E-state index contributed by atoms with van der Waals surface area (Å²) >= 11 is 1.91. The van der Waals surface area contributed by atoms with E-state index >= 15 is 0 Å². The Morgan fingerprint density at radius 1 is 1.30 bits per heavy atom. The molecule has 3 nitrogen and oxygen atoms in total. The molecule has 0 amide bonds. The molecule has 1 aliphatic rings. The van der Waals surface area contributed by atoms with Crippen LogP contribution in [-0.2, 0) is 13.0 Å². The van der Waals surface area contributed by atoms with E-state index in [4.69, 9.17) is 4.98 Å². The van der Waals surface area contributed by atoms with Gasteiger partial charge >= 0.3 is 0 Å². The zero-order chi connectivity index (χ0) is 14.4. The molecule has 1 N–H and O–H groups in total. The first kappa shape index (κ1) is 15.8. The second kappa shape index (κ2) is 7.99. The van der Waals surface area contributed by atoms with E-state index in [1.807, 2.05) is 11.3 Å². The van der Waals surface area contributed by atoms with Gasteiger partial charge in [-0.3, -0.25) is 0 Å². The number of nitrogens with one attached hydrogen (secondary N) is 1. The van der Waals surface area contributed by atoms with E-state index in [0.717, 1.165) is 25.4 Å². The fourth-order valence-corrected chi connectivity index (χ4v) is 4.07. The average molecular weight is 295 g/mol. The van der Waals surface area contributed by atoms with Crippen molar-refractivity contribution in [2.45, 2.75) is 59.4 Å². The van der Waals surface area contributed by atoms with Gasteiger partial charge in [-0.15, -0.1) is 11.3 Å². The summed E-state index contributed by atoms with van der Waals surface area (Å²) < 4.78 is 0. The monoisotopic (exact) mass is 295 g/mol. The zero-order valence-electron chi connectivity index (χ0n) is 13.2. The van der Waals surface area contributed by atoms with Crippen LogP contribution in [0, 0.1) is 5.92 Å². The second-order valence-corrected chi connectivity index (χ2v) is 6.85. The first-order valence-corrected chi connectivity index (χ1v) is 9.04. The molecule has 0 spiro atoms. The van der Waals surface area contributed by atoms with Crippen molar-refractivity contribution in [3.8, 4) is 0 Å². The number of nitrogens with zero attached hydrogens (tertiary/aromatic N) is 2. The molecule has 114 valence electrons. The Balaban J connectivity index is 2.04. The number of hydrogen-bond donors (Lipinski definition) is 1. The number of aromatic nitrogens is 1. The summed E-state index contributed by atoms with van der Waals surface area (Å²) in [5.74, 6) is 0.885. The van der Waals surface area contributed by atoms with E-state index in [2.05, 4.69) is 31.0 Å². The van der Waals surface area contributed by atoms with Crippen LogP contribution in [0.5, 0.6) is 0 Å². The van der Waals surface area contributed by atoms with Crippen molar-refractivity contribution in [2.24, 2.45) is 5.92 Å². The number of hydrogen-bond acceptors (Lipinski definition) is 4. The summed E-state index contributed by atoms with van der Waals surface area (Å²) in [7, 11) is 0. The molecule has 1 unspecified atom stereocenters. The van der Waals surface area contributed by atoms with Crippen LogP contribution in [0.4, 0.5) is 5.13 Å². The molecule has 1 aliphatic heterocycles. The zero-order valence-corrected chi connectivity index (χ0v) is 14.1. The van der Waals surface area contributed by atoms with Crippen LogP contribution in [0.2, 0.25) is 0 Å². The van der Waals surface area contributed by atoms with Gasteiger partial charge in [-0.1, -0.05) is 33.6 Å². The van der Waals surface area contributed by atoms with E-state index < -0.39 is 0 Å². The molecule has 0 saturated carbocycles. The highest BCUT2D eigenvalue weighted by Gasteiger charge is 2.25. The number of anilines is 1. The lowest BCUT2D eigenvalue weighted by Crippen LogP contribution is -2.19. The number of rotatable bonds is 8. The first-order valence-electron chi connectivity index (χ1n) is 8.22. The average Bonchev–Trinajstić information content (AvgIpc) is 3.04. The van der Waals surface area contributed by atoms with Crippen LogP contribution in [0.1, 0.15) is 57.0 Å². The van der Waals surface area contributed by atoms with Gasteiger partial charge in [-0.2, -0.15) is 0 Å². The minimum Gasteiger partial charge on any atom is -0.348 e. The summed E-state index contributed by atoms with van der Waals surface area (Å²) in [5.41, 5.74) is 1.33. The van der Waals surface area contributed by atoms with Gasteiger partial charge in [0.15, 0.2) is 5.13 Å². The maximum Gasteiger partial charge on any atom is 0.185 e. The normalized spacial score (nSPS) is 18.9. The predicted octanol–water partition coefficient (Wildman–Crippen LogP) is 3.83. The van der Waals surface area contributed by atoms with E-state index in [1.54, 1.807) is 0 Å². The molecule has 1 saturated heterocycles. The summed E-state index contributed by atoms with van der Waals surface area (Å²) in [5, 5.41) is 4.71. The number of thiazole rings is 1. The fraction of sp³-hybridized carbons (Fsp3) is 0.812. The van der Waals surface area contributed by atoms with Crippen LogP contribution in [0.3, 0.4) is 0 Å². The Morgan fingerprint density at radius 3 is 2.85 bits per heavy atom. The van der Waals surface area contributed by atoms with Crippen molar-refractivity contribution >= 4 is 16.5 Å². The van der Waals surface area contributed by atoms with Gasteiger partial charge in [0.2, 0.25) is 0 Å². The van der Waals surface area contributed by atoms with Crippen LogP contribution in [0.15, 0.2) is 0 Å². The van der Waals surface area contributed by atoms with E-state index in [9.17, 15) is 0 Å². The molecule has 1 atom stereocenters.